The second-order valence-electron chi connectivity index (χ2n) is 19.2. The molecular formula is C46H51Cl2O3PS2. The van der Waals surface area contributed by atoms with Crippen LogP contribution in [0.3, 0.4) is 0 Å². The summed E-state index contributed by atoms with van der Waals surface area (Å²) in [6, 6.07) is 27.3. The molecule has 7 rings (SSSR count). The molecule has 0 fully saturated rings. The van der Waals surface area contributed by atoms with Crippen LogP contribution in [0.25, 0.3) is 22.3 Å². The summed E-state index contributed by atoms with van der Waals surface area (Å²) in [5.41, 5.74) is 12.9. The number of hydrogen-bond donors (Lipinski definition) is 1. The summed E-state index contributed by atoms with van der Waals surface area (Å²) in [5, 5.41) is 0.446. The molecule has 0 saturated carbocycles. The second-order valence-corrected chi connectivity index (χ2v) is 25.1. The summed E-state index contributed by atoms with van der Waals surface area (Å²) in [5.74, 6) is 0. The quantitative estimate of drug-likeness (QED) is 0.145. The first kappa shape index (κ1) is 39.7. The van der Waals surface area contributed by atoms with E-state index in [0.717, 1.165) is 55.8 Å². The van der Waals surface area contributed by atoms with Crippen LogP contribution in [0.5, 0.6) is 0 Å². The Morgan fingerprint density at radius 2 is 0.796 bits per heavy atom. The van der Waals surface area contributed by atoms with E-state index in [1.54, 1.807) is 0 Å². The van der Waals surface area contributed by atoms with Crippen LogP contribution in [0, 0.1) is 0 Å². The number of benzene rings is 4. The maximum absolute atomic E-state index is 13.6. The van der Waals surface area contributed by atoms with Crippen molar-refractivity contribution >= 4 is 57.9 Å². The molecule has 8 heteroatoms. The second kappa shape index (κ2) is 13.0. The molecule has 284 valence electrons. The first-order valence-electron chi connectivity index (χ1n) is 18.6. The lowest BCUT2D eigenvalue weighted by Crippen LogP contribution is -2.20. The highest BCUT2D eigenvalue weighted by Gasteiger charge is 2.48. The number of halogens is 2. The summed E-state index contributed by atoms with van der Waals surface area (Å²) in [7, 11) is -6.40. The van der Waals surface area contributed by atoms with Gasteiger partial charge in [-0.15, -0.1) is 11.3 Å². The topological polar surface area (TPSA) is 54.4 Å². The van der Waals surface area contributed by atoms with Crippen LogP contribution < -0.4 is 5.30 Å². The minimum Gasteiger partial charge on any atom is -0.282 e. The van der Waals surface area contributed by atoms with Gasteiger partial charge in [0.1, 0.15) is 13.6 Å². The molecule has 0 saturated heterocycles. The van der Waals surface area contributed by atoms with Crippen molar-refractivity contribution in [2.75, 3.05) is 0 Å². The van der Waals surface area contributed by atoms with Gasteiger partial charge < -0.3 is 0 Å². The molecule has 4 aromatic carbocycles. The predicted octanol–water partition coefficient (Wildman–Crippen LogP) is 14.1. The van der Waals surface area contributed by atoms with Crippen LogP contribution in [0.15, 0.2) is 77.7 Å². The molecule has 2 aliphatic rings. The average molecular weight is 818 g/mol. The van der Waals surface area contributed by atoms with Crippen molar-refractivity contribution in [3.8, 4) is 22.3 Å². The molecule has 0 aliphatic heterocycles. The Labute approximate surface area is 338 Å². The fraction of sp³-hybridized carbons (Fsp3) is 0.391. The third-order valence-electron chi connectivity index (χ3n) is 11.3. The van der Waals surface area contributed by atoms with Crippen molar-refractivity contribution in [3.05, 3.63) is 126 Å². The minimum absolute atomic E-state index is 0.0133. The van der Waals surface area contributed by atoms with Crippen molar-refractivity contribution in [3.63, 3.8) is 0 Å². The van der Waals surface area contributed by atoms with Crippen LogP contribution in [0.4, 0.5) is 0 Å². The van der Waals surface area contributed by atoms with Gasteiger partial charge in [0.05, 0.1) is 0 Å². The van der Waals surface area contributed by atoms with Gasteiger partial charge in [-0.3, -0.25) is 4.55 Å². The highest BCUT2D eigenvalue weighted by molar-refractivity contribution is 7.87. The molecule has 0 spiro atoms. The standard InChI is InChI=1S/C46H51Cl2O3PS2/c1-43(2,3)25-13-17-29-30-18-14-26(44(4,5)6)22-34(30)37(33(29)21-25)52(39-40(54(49,50)51)42(48)53-41(39)47)38-35-23-27(45(7,8)9)15-19-31(35)32-20-16-28(24-36(32)38)46(10,11)12/h13-24,37-38H,1-12H3,(H,49,50,51). The zero-order chi connectivity index (χ0) is 39.7. The number of hydrogen-bond acceptors (Lipinski definition) is 3. The molecule has 0 radical (unpaired) electrons. The zero-order valence-electron chi connectivity index (χ0n) is 33.4. The smallest absolute Gasteiger partial charge is 0.282 e. The SMILES string of the molecule is CC(C)(C)c1ccc2c(c1)C(P(c1c(Cl)sc(Cl)c1S(=O)(=O)O)C1c3cc(C(C)(C)C)ccc3-c3ccc(C(C)(C)C)cc31)c1cc(C(C)(C)C)ccc1-2. The molecule has 54 heavy (non-hydrogen) atoms. The molecule has 1 heterocycles. The largest absolute Gasteiger partial charge is 0.297 e. The van der Waals surface area contributed by atoms with E-state index in [1.807, 2.05) is 0 Å². The van der Waals surface area contributed by atoms with Gasteiger partial charge in [0.25, 0.3) is 10.1 Å². The van der Waals surface area contributed by atoms with Crippen molar-refractivity contribution in [2.45, 2.75) is 121 Å². The van der Waals surface area contributed by atoms with Gasteiger partial charge in [-0.05, 0) is 96.3 Å². The van der Waals surface area contributed by atoms with Gasteiger partial charge in [-0.2, -0.15) is 8.42 Å². The minimum atomic E-state index is -4.77. The Kier molecular flexibility index (Phi) is 9.58. The highest BCUT2D eigenvalue weighted by Crippen LogP contribution is 2.74. The van der Waals surface area contributed by atoms with Crippen LogP contribution in [0.1, 0.15) is 139 Å². The van der Waals surface area contributed by atoms with E-state index in [1.165, 1.54) is 22.3 Å². The molecule has 0 amide bonds. The number of rotatable bonds is 4. The Bertz CT molecular complexity index is 2190. The lowest BCUT2D eigenvalue weighted by Gasteiger charge is -2.35. The molecule has 1 aromatic heterocycles. The average Bonchev–Trinajstić information content (AvgIpc) is 3.65. The van der Waals surface area contributed by atoms with Crippen LogP contribution in [-0.4, -0.2) is 13.0 Å². The van der Waals surface area contributed by atoms with Crippen molar-refractivity contribution < 1.29 is 13.0 Å². The summed E-state index contributed by atoms with van der Waals surface area (Å²) in [6.45, 7) is 26.7. The monoisotopic (exact) mass is 816 g/mol. The number of thiophene rings is 1. The summed E-state index contributed by atoms with van der Waals surface area (Å²) in [6.07, 6.45) is 0. The van der Waals surface area contributed by atoms with Gasteiger partial charge in [-0.1, -0.05) is 179 Å². The van der Waals surface area contributed by atoms with Crippen LogP contribution in [0.2, 0.25) is 8.67 Å². The van der Waals surface area contributed by atoms with Gasteiger partial charge in [0, 0.05) is 16.6 Å². The first-order chi connectivity index (χ1) is 24.8. The molecule has 0 atom stereocenters. The summed E-state index contributed by atoms with van der Waals surface area (Å²) in [4.78, 5) is -0.256. The van der Waals surface area contributed by atoms with Gasteiger partial charge in [0.15, 0.2) is 0 Å². The van der Waals surface area contributed by atoms with Gasteiger partial charge >= 0.3 is 0 Å². The van der Waals surface area contributed by atoms with Crippen LogP contribution in [-0.2, 0) is 31.8 Å². The molecular weight excluding hydrogens is 767 g/mol. The molecule has 1 N–H and O–H groups in total. The molecule has 0 unspecified atom stereocenters. The Morgan fingerprint density at radius 1 is 0.519 bits per heavy atom. The van der Waals surface area contributed by atoms with E-state index in [4.69, 9.17) is 23.2 Å². The van der Waals surface area contributed by atoms with E-state index in [0.29, 0.717) is 9.64 Å². The Balaban J connectivity index is 1.67. The zero-order valence-corrected chi connectivity index (χ0v) is 37.4. The van der Waals surface area contributed by atoms with Crippen molar-refractivity contribution in [2.24, 2.45) is 0 Å². The predicted molar refractivity (Wildman–Crippen MR) is 233 cm³/mol. The Morgan fingerprint density at radius 3 is 1.04 bits per heavy atom. The third kappa shape index (κ3) is 6.73. The van der Waals surface area contributed by atoms with E-state index >= 15 is 0 Å². The number of fused-ring (bicyclic) bond motifs is 6. The normalized spacial score (nSPS) is 15.1. The summed E-state index contributed by atoms with van der Waals surface area (Å²) >= 11 is 15.2. The van der Waals surface area contributed by atoms with Gasteiger partial charge in [0.2, 0.25) is 0 Å². The highest BCUT2D eigenvalue weighted by atomic mass is 35.5. The fourth-order valence-corrected chi connectivity index (χ4v) is 15.8. The van der Waals surface area contributed by atoms with E-state index in [-0.39, 0.29) is 42.2 Å². The van der Waals surface area contributed by atoms with E-state index in [9.17, 15) is 13.0 Å². The molecule has 0 bridgehead atoms. The fourth-order valence-electron chi connectivity index (χ4n) is 8.14. The maximum atomic E-state index is 13.6. The van der Waals surface area contributed by atoms with Crippen molar-refractivity contribution in [1.82, 2.24) is 0 Å². The maximum Gasteiger partial charge on any atom is 0.297 e. The molecule has 3 nitrogen and oxygen atoms in total. The molecule has 2 aliphatic carbocycles. The van der Waals surface area contributed by atoms with Crippen LogP contribution >= 0.6 is 42.5 Å². The van der Waals surface area contributed by atoms with E-state index in [2.05, 4.69) is 156 Å². The third-order valence-corrected chi connectivity index (χ3v) is 17.7. The lowest BCUT2D eigenvalue weighted by molar-refractivity contribution is 0.484. The molecule has 5 aromatic rings. The first-order valence-corrected chi connectivity index (χ1v) is 23.1. The Hall–Kier alpha value is -2.50. The van der Waals surface area contributed by atoms with E-state index < -0.39 is 18.0 Å². The lowest BCUT2D eigenvalue weighted by atomic mass is 9.85. The van der Waals surface area contributed by atoms with Crippen molar-refractivity contribution in [1.29, 1.82) is 0 Å². The van der Waals surface area contributed by atoms with Gasteiger partial charge in [-0.25, -0.2) is 0 Å². The summed E-state index contributed by atoms with van der Waals surface area (Å²) < 4.78 is 38.5.